The predicted octanol–water partition coefficient (Wildman–Crippen LogP) is 0.451. The third kappa shape index (κ3) is 2.34. The summed E-state index contributed by atoms with van der Waals surface area (Å²) in [5.41, 5.74) is 0. The van der Waals surface area contributed by atoms with Gasteiger partial charge in [0.05, 0.1) is 0 Å². The molecule has 0 saturated carbocycles. The molecule has 0 amide bonds. The van der Waals surface area contributed by atoms with Crippen molar-refractivity contribution in [2.24, 2.45) is 0 Å². The van der Waals surface area contributed by atoms with Crippen molar-refractivity contribution >= 4 is 4.73 Å². The summed E-state index contributed by atoms with van der Waals surface area (Å²) in [4.78, 5) is 2.39. The zero-order chi connectivity index (χ0) is 9.10. The van der Waals surface area contributed by atoms with Crippen molar-refractivity contribution in [3.8, 4) is 0 Å². The molecule has 2 nitrogen and oxygen atoms in total. The summed E-state index contributed by atoms with van der Waals surface area (Å²) in [5.74, 6) is 0. The van der Waals surface area contributed by atoms with E-state index in [0.717, 1.165) is 12.1 Å². The summed E-state index contributed by atoms with van der Waals surface area (Å²) in [6, 6.07) is 1.50. The standard InChI is InChI=1S/C10H14N2.V/c1-2-3-4-5-12-7-9-6-10(8-12)11-9;/h1-5,9-11H,6-8H2;/b3-2-,5-4?;. The van der Waals surface area contributed by atoms with Crippen LogP contribution in [-0.2, 0) is 17.0 Å². The SMILES string of the molecule is [V]=[CH]/C=C\C=CN1CC2CC(C1)N2. The molecule has 0 aromatic carbocycles. The van der Waals surface area contributed by atoms with Crippen LogP contribution in [0.1, 0.15) is 6.42 Å². The normalized spacial score (nSPS) is 32.4. The Hall–Kier alpha value is -0.306. The molecular weight excluding hydrogens is 199 g/mol. The molecule has 3 saturated heterocycles. The fourth-order valence-corrected chi connectivity index (χ4v) is 2.11. The van der Waals surface area contributed by atoms with E-state index >= 15 is 0 Å². The van der Waals surface area contributed by atoms with Crippen LogP contribution in [0.5, 0.6) is 0 Å². The van der Waals surface area contributed by atoms with Crippen molar-refractivity contribution in [3.63, 3.8) is 0 Å². The molecule has 0 aliphatic carbocycles. The van der Waals surface area contributed by atoms with Gasteiger partial charge >= 0.3 is 87.9 Å². The summed E-state index contributed by atoms with van der Waals surface area (Å²) < 4.78 is 1.98. The minimum atomic E-state index is 0.752. The first-order valence-corrected chi connectivity index (χ1v) is 5.50. The summed E-state index contributed by atoms with van der Waals surface area (Å²) in [5, 5.41) is 3.51. The van der Waals surface area contributed by atoms with Gasteiger partial charge in [-0.2, -0.15) is 0 Å². The Balaban J connectivity index is 1.78. The molecular formula is C10H14N2V. The van der Waals surface area contributed by atoms with E-state index in [-0.39, 0.29) is 0 Å². The molecule has 1 N–H and O–H groups in total. The van der Waals surface area contributed by atoms with Crippen LogP contribution >= 0.6 is 0 Å². The molecule has 3 rings (SSSR count). The van der Waals surface area contributed by atoms with Gasteiger partial charge in [0.1, 0.15) is 0 Å². The second-order valence-corrected chi connectivity index (χ2v) is 4.09. The molecule has 0 aromatic heterocycles. The number of piperazine rings is 1. The van der Waals surface area contributed by atoms with E-state index < -0.39 is 0 Å². The molecule has 13 heavy (non-hydrogen) atoms. The van der Waals surface area contributed by atoms with Crippen LogP contribution in [0.2, 0.25) is 0 Å². The van der Waals surface area contributed by atoms with Crippen molar-refractivity contribution < 1.29 is 17.0 Å². The summed E-state index contributed by atoms with van der Waals surface area (Å²) in [7, 11) is 0. The van der Waals surface area contributed by atoms with E-state index in [1.165, 1.54) is 19.5 Å². The Morgan fingerprint density at radius 1 is 1.15 bits per heavy atom. The molecule has 2 atom stereocenters. The Bertz CT molecular complexity index is 231. The van der Waals surface area contributed by atoms with Crippen LogP contribution in [0.3, 0.4) is 0 Å². The van der Waals surface area contributed by atoms with Gasteiger partial charge in [0, 0.05) is 0 Å². The summed E-state index contributed by atoms with van der Waals surface area (Å²) in [6.07, 6.45) is 9.76. The molecule has 0 radical (unpaired) electrons. The van der Waals surface area contributed by atoms with E-state index in [9.17, 15) is 0 Å². The first-order valence-electron chi connectivity index (χ1n) is 4.69. The van der Waals surface area contributed by atoms with Gasteiger partial charge in [-0.05, 0) is 0 Å². The van der Waals surface area contributed by atoms with Gasteiger partial charge < -0.3 is 0 Å². The van der Waals surface area contributed by atoms with Crippen LogP contribution in [0.15, 0.2) is 24.4 Å². The van der Waals surface area contributed by atoms with Crippen LogP contribution in [0, 0.1) is 0 Å². The van der Waals surface area contributed by atoms with Crippen molar-refractivity contribution in [3.05, 3.63) is 24.4 Å². The average molecular weight is 213 g/mol. The fourth-order valence-electron chi connectivity index (χ4n) is 1.95. The van der Waals surface area contributed by atoms with Crippen molar-refractivity contribution in [1.29, 1.82) is 0 Å². The predicted molar refractivity (Wildman–Crippen MR) is 51.2 cm³/mol. The quantitative estimate of drug-likeness (QED) is 0.685. The molecule has 3 heteroatoms. The van der Waals surface area contributed by atoms with Crippen LogP contribution in [0.4, 0.5) is 0 Å². The van der Waals surface area contributed by atoms with Crippen LogP contribution < -0.4 is 5.32 Å². The summed E-state index contributed by atoms with van der Waals surface area (Å²) >= 11 is 2.43. The van der Waals surface area contributed by atoms with E-state index in [0.29, 0.717) is 0 Å². The topological polar surface area (TPSA) is 15.3 Å². The number of fused-ring (bicyclic) bond motifs is 2. The Kier molecular flexibility index (Phi) is 3.04. The minimum absolute atomic E-state index is 0.752. The van der Waals surface area contributed by atoms with E-state index in [4.69, 9.17) is 0 Å². The van der Waals surface area contributed by atoms with Gasteiger partial charge in [0.2, 0.25) is 0 Å². The third-order valence-electron chi connectivity index (χ3n) is 2.56. The fraction of sp³-hybridized carbons (Fsp3) is 0.500. The van der Waals surface area contributed by atoms with Gasteiger partial charge in [-0.15, -0.1) is 0 Å². The monoisotopic (exact) mass is 213 g/mol. The van der Waals surface area contributed by atoms with Gasteiger partial charge in [-0.3, -0.25) is 0 Å². The van der Waals surface area contributed by atoms with Gasteiger partial charge in [0.15, 0.2) is 0 Å². The first kappa shape index (κ1) is 9.26. The Morgan fingerprint density at radius 2 is 1.85 bits per heavy atom. The van der Waals surface area contributed by atoms with E-state index in [1.54, 1.807) is 0 Å². The average Bonchev–Trinajstić information content (AvgIpc) is 2.12. The number of piperidine rings is 1. The van der Waals surface area contributed by atoms with Crippen molar-refractivity contribution in [1.82, 2.24) is 10.2 Å². The molecule has 3 aliphatic heterocycles. The zero-order valence-corrected chi connectivity index (χ0v) is 8.95. The Labute approximate surface area is 88.2 Å². The second kappa shape index (κ2) is 4.27. The number of hydrogen-bond acceptors (Lipinski definition) is 2. The van der Waals surface area contributed by atoms with Crippen molar-refractivity contribution in [2.45, 2.75) is 18.5 Å². The number of allylic oxidation sites excluding steroid dienone is 3. The van der Waals surface area contributed by atoms with Crippen LogP contribution in [0.25, 0.3) is 0 Å². The summed E-state index contributed by atoms with van der Waals surface area (Å²) in [6.45, 7) is 2.35. The number of rotatable bonds is 3. The Morgan fingerprint density at radius 3 is 2.46 bits per heavy atom. The second-order valence-electron chi connectivity index (χ2n) is 3.63. The van der Waals surface area contributed by atoms with E-state index in [1.807, 2.05) is 10.8 Å². The maximum atomic E-state index is 3.51. The number of hydrogen-bond donors (Lipinski definition) is 1. The number of nitrogens with zero attached hydrogens (tertiary/aromatic N) is 1. The molecule has 3 fully saturated rings. The molecule has 0 spiro atoms. The number of nitrogens with one attached hydrogen (secondary N) is 1. The van der Waals surface area contributed by atoms with Gasteiger partial charge in [-0.1, -0.05) is 0 Å². The first-order chi connectivity index (χ1) is 6.38. The zero-order valence-electron chi connectivity index (χ0n) is 7.56. The molecule has 0 aromatic rings. The van der Waals surface area contributed by atoms with E-state index in [2.05, 4.69) is 45.5 Å². The van der Waals surface area contributed by atoms with Crippen LogP contribution in [-0.4, -0.2) is 34.8 Å². The van der Waals surface area contributed by atoms with Gasteiger partial charge in [-0.25, -0.2) is 0 Å². The maximum absolute atomic E-state index is 3.51. The molecule has 2 unspecified atom stereocenters. The molecule has 2 bridgehead atoms. The molecule has 3 aliphatic rings. The molecule has 69 valence electrons. The molecule has 3 heterocycles. The van der Waals surface area contributed by atoms with Gasteiger partial charge in [0.25, 0.3) is 0 Å². The van der Waals surface area contributed by atoms with Crippen molar-refractivity contribution in [2.75, 3.05) is 13.1 Å². The third-order valence-corrected chi connectivity index (χ3v) is 2.82.